The number of hydrogen-bond acceptors (Lipinski definition) is 5. The lowest BCUT2D eigenvalue weighted by Gasteiger charge is -2.24. The molecule has 2 amide bonds. The van der Waals surface area contributed by atoms with Gasteiger partial charge in [-0.05, 0) is 5.56 Å². The summed E-state index contributed by atoms with van der Waals surface area (Å²) in [7, 11) is 1.23. The van der Waals surface area contributed by atoms with E-state index >= 15 is 0 Å². The van der Waals surface area contributed by atoms with E-state index < -0.39 is 23.8 Å². The normalized spacial score (nSPS) is 11.5. The van der Waals surface area contributed by atoms with Crippen molar-refractivity contribution < 1.29 is 19.1 Å². The fourth-order valence-corrected chi connectivity index (χ4v) is 1.77. The van der Waals surface area contributed by atoms with Crippen molar-refractivity contribution in [1.29, 1.82) is 0 Å². The van der Waals surface area contributed by atoms with Gasteiger partial charge < -0.3 is 21.1 Å². The number of amides is 2. The fourth-order valence-electron chi connectivity index (χ4n) is 1.77. The number of rotatable bonds is 7. The van der Waals surface area contributed by atoms with E-state index in [1.165, 1.54) is 12.0 Å². The molecule has 114 valence electrons. The molecule has 0 bridgehead atoms. The van der Waals surface area contributed by atoms with Crippen molar-refractivity contribution >= 4 is 17.8 Å². The summed E-state index contributed by atoms with van der Waals surface area (Å²) in [5.41, 5.74) is 11.5. The van der Waals surface area contributed by atoms with Gasteiger partial charge in [-0.25, -0.2) is 0 Å². The number of nitrogens with zero attached hydrogens (tertiary/aromatic N) is 1. The van der Waals surface area contributed by atoms with Crippen molar-refractivity contribution in [2.75, 3.05) is 13.7 Å². The molecule has 0 fully saturated rings. The molecular weight excluding hydrogens is 274 g/mol. The van der Waals surface area contributed by atoms with E-state index in [4.69, 9.17) is 11.5 Å². The number of primary amides is 1. The summed E-state index contributed by atoms with van der Waals surface area (Å²) in [5, 5.41) is 0. The summed E-state index contributed by atoms with van der Waals surface area (Å²) in [6, 6.07) is 8.04. The van der Waals surface area contributed by atoms with Gasteiger partial charge in [0.1, 0.15) is 6.54 Å². The van der Waals surface area contributed by atoms with Crippen molar-refractivity contribution in [1.82, 2.24) is 4.90 Å². The monoisotopic (exact) mass is 293 g/mol. The van der Waals surface area contributed by atoms with Gasteiger partial charge in [-0.15, -0.1) is 0 Å². The predicted molar refractivity (Wildman–Crippen MR) is 75.7 cm³/mol. The number of hydrogen-bond donors (Lipinski definition) is 2. The zero-order valence-electron chi connectivity index (χ0n) is 11.8. The second-order valence-corrected chi connectivity index (χ2v) is 4.53. The molecule has 0 aliphatic carbocycles. The second kappa shape index (κ2) is 8.01. The van der Waals surface area contributed by atoms with Crippen LogP contribution in [0.2, 0.25) is 0 Å². The fraction of sp³-hybridized carbons (Fsp3) is 0.357. The maximum absolute atomic E-state index is 12.2. The highest BCUT2D eigenvalue weighted by molar-refractivity contribution is 5.89. The quantitative estimate of drug-likeness (QED) is 0.651. The third-order valence-electron chi connectivity index (χ3n) is 2.81. The zero-order chi connectivity index (χ0) is 15.8. The summed E-state index contributed by atoms with van der Waals surface area (Å²) in [5.74, 6) is -1.76. The first-order chi connectivity index (χ1) is 9.93. The SMILES string of the molecule is COC(=O)CN(Cc1ccccc1)C(=O)C(N)CC(N)=O. The summed E-state index contributed by atoms with van der Waals surface area (Å²) < 4.78 is 4.56. The van der Waals surface area contributed by atoms with E-state index in [1.807, 2.05) is 30.3 Å². The van der Waals surface area contributed by atoms with Crippen LogP contribution in [0.25, 0.3) is 0 Å². The van der Waals surface area contributed by atoms with Crippen molar-refractivity contribution in [2.45, 2.75) is 19.0 Å². The molecule has 0 aliphatic heterocycles. The Labute approximate surface area is 122 Å². The lowest BCUT2D eigenvalue weighted by Crippen LogP contribution is -2.47. The molecule has 0 aliphatic rings. The number of esters is 1. The van der Waals surface area contributed by atoms with Crippen molar-refractivity contribution in [3.63, 3.8) is 0 Å². The van der Waals surface area contributed by atoms with Gasteiger partial charge in [0.25, 0.3) is 0 Å². The highest BCUT2D eigenvalue weighted by Crippen LogP contribution is 2.07. The largest absolute Gasteiger partial charge is 0.468 e. The van der Waals surface area contributed by atoms with E-state index in [2.05, 4.69) is 4.74 Å². The predicted octanol–water partition coefficient (Wildman–Crippen LogP) is -0.609. The number of carbonyl (C=O) groups is 3. The van der Waals surface area contributed by atoms with Crippen molar-refractivity contribution in [3.05, 3.63) is 35.9 Å². The molecule has 1 unspecified atom stereocenters. The van der Waals surface area contributed by atoms with Crippen molar-refractivity contribution in [2.24, 2.45) is 11.5 Å². The molecule has 1 rings (SSSR count). The molecule has 0 saturated heterocycles. The van der Waals surface area contributed by atoms with Crippen LogP contribution in [0.15, 0.2) is 30.3 Å². The van der Waals surface area contributed by atoms with Gasteiger partial charge in [-0.3, -0.25) is 14.4 Å². The first-order valence-corrected chi connectivity index (χ1v) is 6.37. The average Bonchev–Trinajstić information content (AvgIpc) is 2.46. The second-order valence-electron chi connectivity index (χ2n) is 4.53. The maximum Gasteiger partial charge on any atom is 0.325 e. The lowest BCUT2D eigenvalue weighted by atomic mass is 10.1. The Morgan fingerprint density at radius 1 is 1.24 bits per heavy atom. The van der Waals surface area contributed by atoms with Gasteiger partial charge in [0.15, 0.2) is 0 Å². The number of benzene rings is 1. The van der Waals surface area contributed by atoms with Crippen LogP contribution in [0.4, 0.5) is 0 Å². The summed E-state index contributed by atoms with van der Waals surface area (Å²) in [4.78, 5) is 35.7. The minimum absolute atomic E-state index is 0.196. The summed E-state index contributed by atoms with van der Waals surface area (Å²) in [6.07, 6.45) is -0.273. The topological polar surface area (TPSA) is 116 Å². The van der Waals surface area contributed by atoms with E-state index in [0.29, 0.717) is 0 Å². The van der Waals surface area contributed by atoms with Crippen LogP contribution < -0.4 is 11.5 Å². The first kappa shape index (κ1) is 16.6. The molecule has 4 N–H and O–H groups in total. The molecule has 0 heterocycles. The van der Waals surface area contributed by atoms with Crippen LogP contribution in [0.1, 0.15) is 12.0 Å². The molecule has 1 aromatic rings. The van der Waals surface area contributed by atoms with Gasteiger partial charge in [0.05, 0.1) is 19.6 Å². The van der Waals surface area contributed by atoms with Gasteiger partial charge in [-0.2, -0.15) is 0 Å². The zero-order valence-corrected chi connectivity index (χ0v) is 11.8. The third kappa shape index (κ3) is 5.62. The van der Waals surface area contributed by atoms with Gasteiger partial charge >= 0.3 is 5.97 Å². The number of nitrogens with two attached hydrogens (primary N) is 2. The Morgan fingerprint density at radius 2 is 1.86 bits per heavy atom. The highest BCUT2D eigenvalue weighted by atomic mass is 16.5. The average molecular weight is 293 g/mol. The molecule has 21 heavy (non-hydrogen) atoms. The van der Waals surface area contributed by atoms with Crippen LogP contribution in [0.5, 0.6) is 0 Å². The van der Waals surface area contributed by atoms with Crippen LogP contribution in [-0.2, 0) is 25.7 Å². The lowest BCUT2D eigenvalue weighted by molar-refractivity contribution is -0.148. The minimum Gasteiger partial charge on any atom is -0.468 e. The number of methoxy groups -OCH3 is 1. The first-order valence-electron chi connectivity index (χ1n) is 6.37. The van der Waals surface area contributed by atoms with E-state index in [0.717, 1.165) is 5.56 Å². The molecule has 7 heteroatoms. The van der Waals surface area contributed by atoms with E-state index in [9.17, 15) is 14.4 Å². The Balaban J connectivity index is 2.83. The molecule has 0 spiro atoms. The standard InChI is InChI=1S/C14H19N3O4/c1-21-13(19)9-17(8-10-5-3-2-4-6-10)14(20)11(15)7-12(16)18/h2-6,11H,7-9,15H2,1H3,(H2,16,18). The third-order valence-corrected chi connectivity index (χ3v) is 2.81. The molecule has 0 radical (unpaired) electrons. The number of ether oxygens (including phenoxy) is 1. The van der Waals surface area contributed by atoms with Crippen LogP contribution >= 0.6 is 0 Å². The van der Waals surface area contributed by atoms with Gasteiger partial charge in [0.2, 0.25) is 11.8 Å². The van der Waals surface area contributed by atoms with Gasteiger partial charge in [0, 0.05) is 6.54 Å². The molecule has 0 saturated carbocycles. The van der Waals surface area contributed by atoms with Gasteiger partial charge in [-0.1, -0.05) is 30.3 Å². The maximum atomic E-state index is 12.2. The Kier molecular flexibility index (Phi) is 6.35. The van der Waals surface area contributed by atoms with E-state index in [1.54, 1.807) is 0 Å². The Hall–Kier alpha value is -2.41. The molecular formula is C14H19N3O4. The minimum atomic E-state index is -1.07. The van der Waals surface area contributed by atoms with Crippen LogP contribution in [0, 0.1) is 0 Å². The summed E-state index contributed by atoms with van der Waals surface area (Å²) in [6.45, 7) is -0.0437. The van der Waals surface area contributed by atoms with Crippen LogP contribution in [0.3, 0.4) is 0 Å². The highest BCUT2D eigenvalue weighted by Gasteiger charge is 2.24. The van der Waals surface area contributed by atoms with Crippen LogP contribution in [-0.4, -0.2) is 42.4 Å². The smallest absolute Gasteiger partial charge is 0.325 e. The molecule has 0 aromatic heterocycles. The Morgan fingerprint density at radius 3 is 2.38 bits per heavy atom. The molecule has 1 atom stereocenters. The molecule has 1 aromatic carbocycles. The van der Waals surface area contributed by atoms with E-state index in [-0.39, 0.29) is 19.5 Å². The number of carbonyl (C=O) groups excluding carboxylic acids is 3. The summed E-state index contributed by atoms with van der Waals surface area (Å²) >= 11 is 0. The Bertz CT molecular complexity index is 504. The van der Waals surface area contributed by atoms with Crippen molar-refractivity contribution in [3.8, 4) is 0 Å². The molecule has 7 nitrogen and oxygen atoms in total.